The van der Waals surface area contributed by atoms with Gasteiger partial charge in [-0.15, -0.1) is 0 Å². The zero-order valence-corrected chi connectivity index (χ0v) is 11.1. The highest BCUT2D eigenvalue weighted by Crippen LogP contribution is 2.24. The maximum absolute atomic E-state index is 5.80. The number of ether oxygens (including phenoxy) is 1. The monoisotopic (exact) mass is 237 g/mol. The van der Waals surface area contributed by atoms with E-state index in [0.717, 1.165) is 18.1 Å². The molecule has 1 heterocycles. The Bertz CT molecular complexity index is 353. The standard InChI is InChI=1S/C14H23NO2/c1-10(2)15-8-14-11(3)7-13(17-14)9-16-12-5-4-6-12/h7,10,12,15H,4-6,8-9H2,1-3H3. The zero-order chi connectivity index (χ0) is 12.3. The summed E-state index contributed by atoms with van der Waals surface area (Å²) in [6.07, 6.45) is 4.20. The Labute approximate surface area is 104 Å². The van der Waals surface area contributed by atoms with E-state index in [-0.39, 0.29) is 0 Å². The lowest BCUT2D eigenvalue weighted by Crippen LogP contribution is -2.22. The van der Waals surface area contributed by atoms with Crippen molar-refractivity contribution in [2.24, 2.45) is 0 Å². The molecule has 0 bridgehead atoms. The average molecular weight is 237 g/mol. The second-order valence-electron chi connectivity index (χ2n) is 5.22. The summed E-state index contributed by atoms with van der Waals surface area (Å²) in [5.41, 5.74) is 1.21. The van der Waals surface area contributed by atoms with Crippen LogP contribution in [0, 0.1) is 6.92 Å². The quantitative estimate of drug-likeness (QED) is 0.825. The molecule has 0 radical (unpaired) electrons. The molecule has 1 fully saturated rings. The van der Waals surface area contributed by atoms with Gasteiger partial charge in [-0.25, -0.2) is 0 Å². The summed E-state index contributed by atoms with van der Waals surface area (Å²) in [6, 6.07) is 2.57. The fourth-order valence-electron chi connectivity index (χ4n) is 1.87. The molecule has 17 heavy (non-hydrogen) atoms. The van der Waals surface area contributed by atoms with Crippen LogP contribution < -0.4 is 5.32 Å². The first-order valence-corrected chi connectivity index (χ1v) is 6.58. The van der Waals surface area contributed by atoms with Crippen LogP contribution in [0.15, 0.2) is 10.5 Å². The van der Waals surface area contributed by atoms with Crippen LogP contribution in [-0.2, 0) is 17.9 Å². The van der Waals surface area contributed by atoms with Gasteiger partial charge < -0.3 is 14.5 Å². The summed E-state index contributed by atoms with van der Waals surface area (Å²) in [5.74, 6) is 1.99. The molecule has 1 aromatic heterocycles. The first-order chi connectivity index (χ1) is 8.15. The molecule has 96 valence electrons. The minimum absolute atomic E-state index is 0.470. The molecule has 0 aliphatic heterocycles. The van der Waals surface area contributed by atoms with Crippen LogP contribution in [0.4, 0.5) is 0 Å². The highest BCUT2D eigenvalue weighted by atomic mass is 16.5. The lowest BCUT2D eigenvalue weighted by molar-refractivity contribution is -0.0160. The van der Waals surface area contributed by atoms with Crippen molar-refractivity contribution in [2.45, 2.75) is 65.3 Å². The summed E-state index contributed by atoms with van der Waals surface area (Å²) in [6.45, 7) is 7.78. The minimum Gasteiger partial charge on any atom is -0.462 e. The third-order valence-electron chi connectivity index (χ3n) is 3.26. The maximum Gasteiger partial charge on any atom is 0.130 e. The van der Waals surface area contributed by atoms with Crippen LogP contribution in [0.2, 0.25) is 0 Å². The van der Waals surface area contributed by atoms with E-state index in [1.54, 1.807) is 0 Å². The van der Waals surface area contributed by atoms with Crippen molar-refractivity contribution >= 4 is 0 Å². The van der Waals surface area contributed by atoms with Gasteiger partial charge in [0.25, 0.3) is 0 Å². The lowest BCUT2D eigenvalue weighted by Gasteiger charge is -2.24. The van der Waals surface area contributed by atoms with E-state index in [1.807, 2.05) is 0 Å². The van der Waals surface area contributed by atoms with Crippen molar-refractivity contribution in [1.82, 2.24) is 5.32 Å². The Morgan fingerprint density at radius 2 is 2.24 bits per heavy atom. The molecule has 1 aromatic rings. The molecule has 2 rings (SSSR count). The highest BCUT2D eigenvalue weighted by molar-refractivity contribution is 5.19. The van der Waals surface area contributed by atoms with Gasteiger partial charge in [0.05, 0.1) is 12.6 Å². The van der Waals surface area contributed by atoms with Crippen molar-refractivity contribution in [3.05, 3.63) is 23.2 Å². The largest absolute Gasteiger partial charge is 0.462 e. The number of nitrogens with one attached hydrogen (secondary N) is 1. The Morgan fingerprint density at radius 3 is 2.82 bits per heavy atom. The van der Waals surface area contributed by atoms with Crippen molar-refractivity contribution < 1.29 is 9.15 Å². The van der Waals surface area contributed by atoms with Crippen LogP contribution >= 0.6 is 0 Å². The van der Waals surface area contributed by atoms with Crippen molar-refractivity contribution in [3.8, 4) is 0 Å². The molecule has 3 nitrogen and oxygen atoms in total. The number of furan rings is 1. The summed E-state index contributed by atoms with van der Waals surface area (Å²) in [5, 5.41) is 3.37. The Hall–Kier alpha value is -0.800. The molecule has 1 saturated carbocycles. The topological polar surface area (TPSA) is 34.4 Å². The molecular weight excluding hydrogens is 214 g/mol. The van der Waals surface area contributed by atoms with E-state index in [4.69, 9.17) is 9.15 Å². The molecule has 0 amide bonds. The van der Waals surface area contributed by atoms with Gasteiger partial charge >= 0.3 is 0 Å². The van der Waals surface area contributed by atoms with Crippen molar-refractivity contribution in [3.63, 3.8) is 0 Å². The number of rotatable bonds is 6. The van der Waals surface area contributed by atoms with Gasteiger partial charge in [-0.2, -0.15) is 0 Å². The Balaban J connectivity index is 1.83. The fourth-order valence-corrected chi connectivity index (χ4v) is 1.87. The SMILES string of the molecule is Cc1cc(COC2CCC2)oc1CNC(C)C. The number of aryl methyl sites for hydroxylation is 1. The van der Waals surface area contributed by atoms with E-state index in [2.05, 4.69) is 32.2 Å². The third-order valence-corrected chi connectivity index (χ3v) is 3.26. The van der Waals surface area contributed by atoms with Crippen LogP contribution in [0.5, 0.6) is 0 Å². The van der Waals surface area contributed by atoms with E-state index in [1.165, 1.54) is 24.8 Å². The molecule has 1 aliphatic carbocycles. The third kappa shape index (κ3) is 3.58. The summed E-state index contributed by atoms with van der Waals surface area (Å²) >= 11 is 0. The second kappa shape index (κ2) is 5.69. The molecular formula is C14H23NO2. The molecule has 1 aliphatic rings. The normalized spacial score (nSPS) is 16.5. The summed E-state index contributed by atoms with van der Waals surface area (Å²) in [4.78, 5) is 0. The molecule has 0 saturated heterocycles. The fraction of sp³-hybridized carbons (Fsp3) is 0.714. The van der Waals surface area contributed by atoms with Gasteiger partial charge in [-0.3, -0.25) is 0 Å². The predicted molar refractivity (Wildman–Crippen MR) is 67.8 cm³/mol. The minimum atomic E-state index is 0.470. The first kappa shape index (κ1) is 12.7. The van der Waals surface area contributed by atoms with Gasteiger partial charge in [0.15, 0.2) is 0 Å². The average Bonchev–Trinajstić information content (AvgIpc) is 2.54. The van der Waals surface area contributed by atoms with Gasteiger partial charge in [-0.05, 0) is 37.8 Å². The number of hydrogen-bond acceptors (Lipinski definition) is 3. The van der Waals surface area contributed by atoms with Crippen LogP contribution in [-0.4, -0.2) is 12.1 Å². The predicted octanol–water partition coefficient (Wildman–Crippen LogP) is 3.16. The van der Waals surface area contributed by atoms with E-state index < -0.39 is 0 Å². The Morgan fingerprint density at radius 1 is 1.47 bits per heavy atom. The van der Waals surface area contributed by atoms with Crippen LogP contribution in [0.1, 0.15) is 50.2 Å². The summed E-state index contributed by atoms with van der Waals surface area (Å²) in [7, 11) is 0. The smallest absolute Gasteiger partial charge is 0.130 e. The van der Waals surface area contributed by atoms with Gasteiger partial charge in [0.2, 0.25) is 0 Å². The molecule has 0 atom stereocenters. The van der Waals surface area contributed by atoms with Crippen LogP contribution in [0.3, 0.4) is 0 Å². The Kier molecular flexibility index (Phi) is 4.24. The van der Waals surface area contributed by atoms with Gasteiger partial charge in [0.1, 0.15) is 18.1 Å². The van der Waals surface area contributed by atoms with Crippen molar-refractivity contribution in [1.29, 1.82) is 0 Å². The maximum atomic E-state index is 5.80. The molecule has 1 N–H and O–H groups in total. The lowest BCUT2D eigenvalue weighted by atomic mass is 9.96. The zero-order valence-electron chi connectivity index (χ0n) is 11.1. The van der Waals surface area contributed by atoms with Gasteiger partial charge in [0, 0.05) is 6.04 Å². The molecule has 0 spiro atoms. The molecule has 0 unspecified atom stereocenters. The molecule has 0 aromatic carbocycles. The van der Waals surface area contributed by atoms with Gasteiger partial charge in [-0.1, -0.05) is 13.8 Å². The summed E-state index contributed by atoms with van der Waals surface area (Å²) < 4.78 is 11.5. The van der Waals surface area contributed by atoms with E-state index in [0.29, 0.717) is 18.8 Å². The van der Waals surface area contributed by atoms with Crippen LogP contribution in [0.25, 0.3) is 0 Å². The molecule has 3 heteroatoms. The highest BCUT2D eigenvalue weighted by Gasteiger charge is 2.18. The number of hydrogen-bond donors (Lipinski definition) is 1. The first-order valence-electron chi connectivity index (χ1n) is 6.58. The van der Waals surface area contributed by atoms with E-state index in [9.17, 15) is 0 Å². The van der Waals surface area contributed by atoms with E-state index >= 15 is 0 Å². The second-order valence-corrected chi connectivity index (χ2v) is 5.22. The van der Waals surface area contributed by atoms with Crippen molar-refractivity contribution in [2.75, 3.05) is 0 Å².